The predicted molar refractivity (Wildman–Crippen MR) is 132 cm³/mol. The summed E-state index contributed by atoms with van der Waals surface area (Å²) in [6, 6.07) is 22.9. The number of hydrogen-bond acceptors (Lipinski definition) is 4. The molecule has 1 unspecified atom stereocenters. The highest BCUT2D eigenvalue weighted by Crippen LogP contribution is 2.14. The van der Waals surface area contributed by atoms with Crippen LogP contribution in [-0.4, -0.2) is 29.4 Å². The third-order valence-electron chi connectivity index (χ3n) is 5.15. The summed E-state index contributed by atoms with van der Waals surface area (Å²) in [5.41, 5.74) is 9.46. The van der Waals surface area contributed by atoms with Crippen LogP contribution in [0.25, 0.3) is 0 Å². The zero-order chi connectivity index (χ0) is 24.5. The number of carbonyl (C=O) groups excluding carboxylic acids is 2. The van der Waals surface area contributed by atoms with Gasteiger partial charge in [0.1, 0.15) is 19.0 Å². The summed E-state index contributed by atoms with van der Waals surface area (Å²) in [6.07, 6.45) is 0. The molecule has 1 atom stereocenters. The van der Waals surface area contributed by atoms with E-state index < -0.39 is 6.03 Å². The number of amidine groups is 1. The van der Waals surface area contributed by atoms with Crippen LogP contribution in [0.5, 0.6) is 0 Å². The molecule has 0 fully saturated rings. The first-order valence-electron chi connectivity index (χ1n) is 10.9. The number of benzene rings is 3. The molecule has 3 aromatic carbocycles. The van der Waals surface area contributed by atoms with Gasteiger partial charge < -0.3 is 16.4 Å². The number of carbonyl (C=O) groups is 2. The number of nitrogens with zero attached hydrogens (tertiary/aromatic N) is 1. The van der Waals surface area contributed by atoms with E-state index in [1.807, 2.05) is 68.4 Å². The van der Waals surface area contributed by atoms with Crippen molar-refractivity contribution in [2.24, 2.45) is 5.73 Å². The Morgan fingerprint density at radius 3 is 2.26 bits per heavy atom. The Morgan fingerprint density at radius 1 is 1.00 bits per heavy atom. The molecule has 0 bridgehead atoms. The Kier molecular flexibility index (Phi) is 8.37. The minimum Gasteiger partial charge on any atom is -0.384 e. The molecule has 0 heterocycles. The lowest BCUT2D eigenvalue weighted by atomic mass is 10.1. The van der Waals surface area contributed by atoms with Crippen molar-refractivity contribution in [3.8, 4) is 0 Å². The van der Waals surface area contributed by atoms with Crippen molar-refractivity contribution in [3.05, 3.63) is 101 Å². The van der Waals surface area contributed by atoms with E-state index >= 15 is 0 Å². The van der Waals surface area contributed by atoms with E-state index in [0.29, 0.717) is 11.3 Å². The smallest absolute Gasteiger partial charge is 0.346 e. The van der Waals surface area contributed by atoms with Crippen LogP contribution in [0, 0.1) is 12.3 Å². The normalized spacial score (nSPS) is 11.4. The molecule has 0 spiro atoms. The number of nitrogen functional groups attached to an aromatic ring is 1. The molecule has 0 aliphatic carbocycles. The summed E-state index contributed by atoms with van der Waals surface area (Å²) in [5.74, 6) is -0.423. The Morgan fingerprint density at radius 2 is 1.65 bits per heavy atom. The molecule has 0 aliphatic heterocycles. The first kappa shape index (κ1) is 24.5. The molecule has 0 radical (unpaired) electrons. The van der Waals surface area contributed by atoms with Crippen LogP contribution in [0.3, 0.4) is 0 Å². The topological polar surface area (TPSA) is 121 Å². The summed E-state index contributed by atoms with van der Waals surface area (Å²) in [4.78, 5) is 31.4. The summed E-state index contributed by atoms with van der Waals surface area (Å²) in [7, 11) is 0. The average molecular weight is 460 g/mol. The average Bonchev–Trinajstić information content (AvgIpc) is 2.83. The van der Waals surface area contributed by atoms with Gasteiger partial charge in [0.2, 0.25) is 5.91 Å². The molecule has 0 saturated carbocycles. The first-order valence-corrected chi connectivity index (χ1v) is 10.9. The predicted octanol–water partition coefficient (Wildman–Crippen LogP) is 4.12. The second-order valence-corrected chi connectivity index (χ2v) is 7.92. The highest BCUT2D eigenvalue weighted by atomic mass is 16.7. The van der Waals surface area contributed by atoms with Crippen molar-refractivity contribution < 1.29 is 14.4 Å². The largest absolute Gasteiger partial charge is 0.384 e. The third kappa shape index (κ3) is 7.18. The molecule has 0 aliphatic rings. The van der Waals surface area contributed by atoms with Gasteiger partial charge in [-0.2, -0.15) is 5.06 Å². The lowest BCUT2D eigenvalue weighted by molar-refractivity contribution is -0.147. The number of nitrogens with one attached hydrogen (secondary N) is 3. The van der Waals surface area contributed by atoms with Crippen LogP contribution in [-0.2, 0) is 16.2 Å². The molecule has 0 aromatic heterocycles. The number of rotatable bonds is 9. The van der Waals surface area contributed by atoms with Crippen molar-refractivity contribution in [1.82, 2.24) is 10.4 Å². The molecular formula is C26H29N5O3. The monoisotopic (exact) mass is 459 g/mol. The van der Waals surface area contributed by atoms with Crippen molar-refractivity contribution in [2.75, 3.05) is 11.9 Å². The van der Waals surface area contributed by atoms with Crippen molar-refractivity contribution >= 4 is 23.5 Å². The van der Waals surface area contributed by atoms with E-state index in [4.69, 9.17) is 16.0 Å². The van der Waals surface area contributed by atoms with Gasteiger partial charge in [-0.1, -0.05) is 60.2 Å². The molecule has 5 N–H and O–H groups in total. The number of nitrogens with two attached hydrogens (primary N) is 1. The maximum absolute atomic E-state index is 12.9. The molecule has 176 valence electrons. The van der Waals surface area contributed by atoms with Gasteiger partial charge in [0, 0.05) is 11.3 Å². The second-order valence-electron chi connectivity index (χ2n) is 7.92. The first-order chi connectivity index (χ1) is 16.3. The summed E-state index contributed by atoms with van der Waals surface area (Å²) in [6.45, 7) is 3.72. The van der Waals surface area contributed by atoms with E-state index in [1.54, 1.807) is 24.3 Å². The number of anilines is 1. The van der Waals surface area contributed by atoms with Crippen molar-refractivity contribution in [3.63, 3.8) is 0 Å². The minimum absolute atomic E-state index is 0.0648. The van der Waals surface area contributed by atoms with Gasteiger partial charge in [-0.05, 0) is 49.2 Å². The molecule has 8 heteroatoms. The zero-order valence-corrected chi connectivity index (χ0v) is 19.2. The maximum Gasteiger partial charge on any atom is 0.346 e. The van der Waals surface area contributed by atoms with Gasteiger partial charge in [0.05, 0.1) is 6.04 Å². The third-order valence-corrected chi connectivity index (χ3v) is 5.15. The van der Waals surface area contributed by atoms with Gasteiger partial charge in [0.15, 0.2) is 0 Å². The summed E-state index contributed by atoms with van der Waals surface area (Å²) >= 11 is 0. The van der Waals surface area contributed by atoms with E-state index in [9.17, 15) is 9.59 Å². The fraction of sp³-hybridized carbons (Fsp3) is 0.192. The molecule has 3 amide bonds. The van der Waals surface area contributed by atoms with Gasteiger partial charge in [0.25, 0.3) is 0 Å². The van der Waals surface area contributed by atoms with Crippen LogP contribution in [0.15, 0.2) is 78.9 Å². The SMILES string of the molecule is Cc1ccc(C(C)NC(=O)CN(OCc2ccccc2)C(=O)Nc2ccc(C(=N)N)cc2)cc1. The molecule has 3 rings (SSSR count). The van der Waals surface area contributed by atoms with Gasteiger partial charge in [-0.3, -0.25) is 15.0 Å². The molecular weight excluding hydrogens is 430 g/mol. The van der Waals surface area contributed by atoms with E-state index in [-0.39, 0.29) is 30.9 Å². The van der Waals surface area contributed by atoms with Gasteiger partial charge in [-0.25, -0.2) is 4.79 Å². The number of aryl methyl sites for hydroxylation is 1. The summed E-state index contributed by atoms with van der Waals surface area (Å²) in [5, 5.41) is 14.1. The molecule has 8 nitrogen and oxygen atoms in total. The Hall–Kier alpha value is -4.17. The van der Waals surface area contributed by atoms with Crippen molar-refractivity contribution in [1.29, 1.82) is 5.41 Å². The lowest BCUT2D eigenvalue weighted by Crippen LogP contribution is -2.43. The van der Waals surface area contributed by atoms with E-state index in [1.165, 1.54) is 0 Å². The number of amides is 3. The number of hydrogen-bond donors (Lipinski definition) is 4. The van der Waals surface area contributed by atoms with Gasteiger partial charge in [-0.15, -0.1) is 0 Å². The fourth-order valence-corrected chi connectivity index (χ4v) is 3.18. The fourth-order valence-electron chi connectivity index (χ4n) is 3.18. The summed E-state index contributed by atoms with van der Waals surface area (Å²) < 4.78 is 0. The van der Waals surface area contributed by atoms with Crippen LogP contribution in [0.2, 0.25) is 0 Å². The quantitative estimate of drug-likeness (QED) is 0.218. The zero-order valence-electron chi connectivity index (χ0n) is 19.2. The Balaban J connectivity index is 1.67. The lowest BCUT2D eigenvalue weighted by Gasteiger charge is -2.23. The Bertz CT molecular complexity index is 1120. The number of urea groups is 1. The van der Waals surface area contributed by atoms with Crippen LogP contribution >= 0.6 is 0 Å². The van der Waals surface area contributed by atoms with Crippen LogP contribution < -0.4 is 16.4 Å². The molecule has 34 heavy (non-hydrogen) atoms. The highest BCUT2D eigenvalue weighted by Gasteiger charge is 2.20. The molecule has 0 saturated heterocycles. The number of hydroxylamine groups is 2. The maximum atomic E-state index is 12.9. The standard InChI is InChI=1S/C26H29N5O3/c1-18-8-10-21(11-9-18)19(2)29-24(32)16-31(34-17-20-6-4-3-5-7-20)26(33)30-23-14-12-22(13-15-23)25(27)28/h3-15,19H,16-17H2,1-2H3,(H3,27,28)(H,29,32)(H,30,33). The van der Waals surface area contributed by atoms with E-state index in [2.05, 4.69) is 10.6 Å². The minimum atomic E-state index is -0.593. The van der Waals surface area contributed by atoms with Crippen LogP contribution in [0.1, 0.15) is 35.2 Å². The van der Waals surface area contributed by atoms with Crippen molar-refractivity contribution in [2.45, 2.75) is 26.5 Å². The Labute approximate surface area is 199 Å². The second kappa shape index (κ2) is 11.6. The van der Waals surface area contributed by atoms with Crippen LogP contribution in [0.4, 0.5) is 10.5 Å². The molecule has 3 aromatic rings. The van der Waals surface area contributed by atoms with E-state index in [0.717, 1.165) is 21.8 Å². The van der Waals surface area contributed by atoms with Gasteiger partial charge >= 0.3 is 6.03 Å². The highest BCUT2D eigenvalue weighted by molar-refractivity contribution is 5.96.